The van der Waals surface area contributed by atoms with Crippen LogP contribution in [0.15, 0.2) is 29.2 Å². The summed E-state index contributed by atoms with van der Waals surface area (Å²) in [5.41, 5.74) is 0. The molecule has 5 heteroatoms. The molecule has 1 unspecified atom stereocenters. The molecule has 0 saturated carbocycles. The van der Waals surface area contributed by atoms with Gasteiger partial charge >= 0.3 is 0 Å². The van der Waals surface area contributed by atoms with E-state index >= 15 is 0 Å². The minimum atomic E-state index is -0.372. The highest BCUT2D eigenvalue weighted by atomic mass is 35.5. The topological polar surface area (TPSA) is 49.3 Å². The van der Waals surface area contributed by atoms with Gasteiger partial charge in [-0.25, -0.2) is 0 Å². The molecule has 0 spiro atoms. The molecule has 2 N–H and O–H groups in total. The summed E-state index contributed by atoms with van der Waals surface area (Å²) in [7, 11) is 0. The maximum absolute atomic E-state index is 11.5. The van der Waals surface area contributed by atoms with Crippen LogP contribution in [0.1, 0.15) is 19.8 Å². The van der Waals surface area contributed by atoms with E-state index in [9.17, 15) is 4.79 Å². The molecule has 0 aliphatic rings. The molecule has 1 amide bonds. The Morgan fingerprint density at radius 2 is 2.22 bits per heavy atom. The molecular weight excluding hydrogens is 270 g/mol. The lowest BCUT2D eigenvalue weighted by Gasteiger charge is -2.07. The molecule has 0 bridgehead atoms. The van der Waals surface area contributed by atoms with E-state index in [1.54, 1.807) is 18.7 Å². The smallest absolute Gasteiger partial charge is 0.220 e. The number of hydrogen-bond acceptors (Lipinski definition) is 3. The zero-order valence-corrected chi connectivity index (χ0v) is 11.9. The fraction of sp³-hybridized carbons (Fsp3) is 0.462. The van der Waals surface area contributed by atoms with Crippen LogP contribution in [0.2, 0.25) is 5.02 Å². The first-order valence-electron chi connectivity index (χ1n) is 5.91. The highest BCUT2D eigenvalue weighted by Gasteiger charge is 2.04. The Bertz CT molecular complexity index is 385. The third-order valence-electron chi connectivity index (χ3n) is 2.31. The van der Waals surface area contributed by atoms with Crippen LogP contribution >= 0.6 is 23.4 Å². The molecule has 100 valence electrons. The first kappa shape index (κ1) is 15.3. The van der Waals surface area contributed by atoms with Crippen molar-refractivity contribution in [3.8, 4) is 0 Å². The van der Waals surface area contributed by atoms with Gasteiger partial charge in [0.05, 0.1) is 11.1 Å². The predicted molar refractivity (Wildman–Crippen MR) is 76.1 cm³/mol. The third-order valence-corrected chi connectivity index (χ3v) is 3.82. The summed E-state index contributed by atoms with van der Waals surface area (Å²) in [6.07, 6.45) is 0.668. The maximum atomic E-state index is 11.5. The first-order valence-corrected chi connectivity index (χ1v) is 7.28. The number of benzene rings is 1. The molecule has 3 nitrogen and oxygen atoms in total. The van der Waals surface area contributed by atoms with E-state index in [-0.39, 0.29) is 12.0 Å². The van der Waals surface area contributed by atoms with Gasteiger partial charge in [-0.15, -0.1) is 11.8 Å². The van der Waals surface area contributed by atoms with Gasteiger partial charge in [0.25, 0.3) is 0 Å². The number of aliphatic hydroxyl groups is 1. The molecule has 0 aromatic heterocycles. The van der Waals surface area contributed by atoms with Crippen LogP contribution < -0.4 is 5.32 Å². The van der Waals surface area contributed by atoms with Gasteiger partial charge in [-0.05, 0) is 25.5 Å². The summed E-state index contributed by atoms with van der Waals surface area (Å²) < 4.78 is 0. The van der Waals surface area contributed by atoms with Crippen LogP contribution in [-0.4, -0.2) is 29.4 Å². The van der Waals surface area contributed by atoms with E-state index < -0.39 is 0 Å². The lowest BCUT2D eigenvalue weighted by atomic mass is 10.3. The summed E-state index contributed by atoms with van der Waals surface area (Å²) in [4.78, 5) is 12.5. The van der Waals surface area contributed by atoms with Crippen molar-refractivity contribution >= 4 is 29.3 Å². The number of halogens is 1. The Morgan fingerprint density at radius 3 is 2.89 bits per heavy atom. The molecule has 0 saturated heterocycles. The van der Waals surface area contributed by atoms with Crippen LogP contribution in [0.5, 0.6) is 0 Å². The van der Waals surface area contributed by atoms with E-state index in [1.165, 1.54) is 0 Å². The van der Waals surface area contributed by atoms with Crippen LogP contribution in [-0.2, 0) is 4.79 Å². The van der Waals surface area contributed by atoms with Crippen LogP contribution in [0, 0.1) is 0 Å². The molecule has 1 rings (SSSR count). The standard InChI is InChI=1S/C13H18ClNO2S/c1-10(16)6-8-15-13(17)7-9-18-12-5-3-2-4-11(12)14/h2-5,10,16H,6-9H2,1H3,(H,15,17). The molecule has 0 aliphatic heterocycles. The van der Waals surface area contributed by atoms with Gasteiger partial charge in [0, 0.05) is 23.6 Å². The van der Waals surface area contributed by atoms with Gasteiger partial charge in [0.15, 0.2) is 0 Å². The monoisotopic (exact) mass is 287 g/mol. The maximum Gasteiger partial charge on any atom is 0.220 e. The molecular formula is C13H18ClNO2S. The average molecular weight is 288 g/mol. The predicted octanol–water partition coefficient (Wildman–Crippen LogP) is 2.71. The second kappa shape index (κ2) is 8.40. The number of nitrogens with one attached hydrogen (secondary N) is 1. The highest BCUT2D eigenvalue weighted by molar-refractivity contribution is 7.99. The fourth-order valence-electron chi connectivity index (χ4n) is 1.32. The lowest BCUT2D eigenvalue weighted by molar-refractivity contribution is -0.120. The van der Waals surface area contributed by atoms with E-state index in [2.05, 4.69) is 5.32 Å². The van der Waals surface area contributed by atoms with Gasteiger partial charge in [-0.3, -0.25) is 4.79 Å². The van der Waals surface area contributed by atoms with E-state index in [0.717, 1.165) is 9.92 Å². The Labute approximate surface area is 117 Å². The van der Waals surface area contributed by atoms with Crippen molar-refractivity contribution in [1.82, 2.24) is 5.32 Å². The fourth-order valence-corrected chi connectivity index (χ4v) is 2.51. The molecule has 0 aliphatic carbocycles. The quantitative estimate of drug-likeness (QED) is 0.758. The van der Waals surface area contributed by atoms with Crippen LogP contribution in [0.4, 0.5) is 0 Å². The van der Waals surface area contributed by atoms with Crippen molar-refractivity contribution in [2.75, 3.05) is 12.3 Å². The number of amides is 1. The van der Waals surface area contributed by atoms with E-state index in [4.69, 9.17) is 16.7 Å². The summed E-state index contributed by atoms with van der Waals surface area (Å²) in [6, 6.07) is 7.59. The Balaban J connectivity index is 2.18. The van der Waals surface area contributed by atoms with Crippen molar-refractivity contribution in [3.05, 3.63) is 29.3 Å². The second-order valence-corrected chi connectivity index (χ2v) is 5.56. The normalized spacial score (nSPS) is 12.2. The SMILES string of the molecule is CC(O)CCNC(=O)CCSc1ccccc1Cl. The Morgan fingerprint density at radius 1 is 1.50 bits per heavy atom. The number of aliphatic hydroxyl groups excluding tert-OH is 1. The summed E-state index contributed by atoms with van der Waals surface area (Å²) >= 11 is 7.58. The van der Waals surface area contributed by atoms with Crippen LogP contribution in [0.3, 0.4) is 0 Å². The summed E-state index contributed by atoms with van der Waals surface area (Å²) in [5.74, 6) is 0.708. The van der Waals surface area contributed by atoms with Crippen molar-refractivity contribution in [3.63, 3.8) is 0 Å². The molecule has 0 fully saturated rings. The minimum Gasteiger partial charge on any atom is -0.393 e. The largest absolute Gasteiger partial charge is 0.393 e. The summed E-state index contributed by atoms with van der Waals surface area (Å²) in [5, 5.41) is 12.5. The van der Waals surface area contributed by atoms with Crippen molar-refractivity contribution in [2.24, 2.45) is 0 Å². The average Bonchev–Trinajstić information content (AvgIpc) is 2.31. The third kappa shape index (κ3) is 6.28. The van der Waals surface area contributed by atoms with E-state index in [1.807, 2.05) is 24.3 Å². The van der Waals surface area contributed by atoms with Crippen molar-refractivity contribution < 1.29 is 9.90 Å². The van der Waals surface area contributed by atoms with E-state index in [0.29, 0.717) is 25.1 Å². The van der Waals surface area contributed by atoms with Crippen LogP contribution in [0.25, 0.3) is 0 Å². The Kier molecular flexibility index (Phi) is 7.16. The number of hydrogen-bond donors (Lipinski definition) is 2. The van der Waals surface area contributed by atoms with Gasteiger partial charge < -0.3 is 10.4 Å². The zero-order chi connectivity index (χ0) is 13.4. The molecule has 0 radical (unpaired) electrons. The van der Waals surface area contributed by atoms with Gasteiger partial charge in [0.2, 0.25) is 5.91 Å². The molecule has 1 aromatic rings. The van der Waals surface area contributed by atoms with Crippen molar-refractivity contribution in [2.45, 2.75) is 30.8 Å². The first-order chi connectivity index (χ1) is 8.59. The molecule has 18 heavy (non-hydrogen) atoms. The van der Waals surface area contributed by atoms with Gasteiger partial charge in [-0.1, -0.05) is 23.7 Å². The minimum absolute atomic E-state index is 0.00945. The second-order valence-electron chi connectivity index (χ2n) is 4.02. The van der Waals surface area contributed by atoms with Gasteiger partial charge in [0.1, 0.15) is 0 Å². The number of carbonyl (C=O) groups excluding carboxylic acids is 1. The van der Waals surface area contributed by atoms with Gasteiger partial charge in [-0.2, -0.15) is 0 Å². The number of rotatable bonds is 7. The summed E-state index contributed by atoms with van der Waals surface area (Å²) in [6.45, 7) is 2.23. The highest BCUT2D eigenvalue weighted by Crippen LogP contribution is 2.26. The number of thioether (sulfide) groups is 1. The number of carbonyl (C=O) groups is 1. The molecule has 0 heterocycles. The lowest BCUT2D eigenvalue weighted by Crippen LogP contribution is -2.26. The Hall–Kier alpha value is -0.710. The van der Waals surface area contributed by atoms with Crippen molar-refractivity contribution in [1.29, 1.82) is 0 Å². The zero-order valence-electron chi connectivity index (χ0n) is 10.4. The molecule has 1 aromatic carbocycles. The molecule has 1 atom stereocenters.